The third kappa shape index (κ3) is 3.65. The summed E-state index contributed by atoms with van der Waals surface area (Å²) in [6, 6.07) is 8.59. The minimum atomic E-state index is 0.0690. The standard InChI is InChI=1S/C13H19N3OS/c1-14-10-11-3-2-4-12(9-11)18-8-7-16-6-5-15-13(16)17/h2-4,9,14H,5-8,10H2,1H3,(H,15,17). The zero-order valence-electron chi connectivity index (χ0n) is 10.6. The van der Waals surface area contributed by atoms with E-state index in [1.807, 2.05) is 11.9 Å². The van der Waals surface area contributed by atoms with Gasteiger partial charge in [0.2, 0.25) is 0 Å². The van der Waals surface area contributed by atoms with Gasteiger partial charge in [-0.2, -0.15) is 0 Å². The number of hydrogen-bond acceptors (Lipinski definition) is 3. The number of nitrogens with zero attached hydrogens (tertiary/aromatic N) is 1. The minimum absolute atomic E-state index is 0.0690. The molecule has 1 heterocycles. The van der Waals surface area contributed by atoms with E-state index in [4.69, 9.17) is 0 Å². The third-order valence-electron chi connectivity index (χ3n) is 2.85. The molecule has 1 fully saturated rings. The first-order chi connectivity index (χ1) is 8.79. The number of thioether (sulfide) groups is 1. The number of carbonyl (C=O) groups is 1. The van der Waals surface area contributed by atoms with Crippen molar-refractivity contribution in [2.75, 3.05) is 32.4 Å². The van der Waals surface area contributed by atoms with Crippen LogP contribution in [0.1, 0.15) is 5.56 Å². The molecule has 1 aromatic rings. The van der Waals surface area contributed by atoms with E-state index in [2.05, 4.69) is 34.9 Å². The Morgan fingerprint density at radius 1 is 1.50 bits per heavy atom. The fourth-order valence-corrected chi connectivity index (χ4v) is 2.90. The van der Waals surface area contributed by atoms with Crippen LogP contribution in [0.2, 0.25) is 0 Å². The topological polar surface area (TPSA) is 44.4 Å². The summed E-state index contributed by atoms with van der Waals surface area (Å²) < 4.78 is 0. The molecule has 0 spiro atoms. The van der Waals surface area contributed by atoms with Gasteiger partial charge < -0.3 is 15.5 Å². The molecular formula is C13H19N3OS. The average molecular weight is 265 g/mol. The molecule has 0 radical (unpaired) electrons. The van der Waals surface area contributed by atoms with E-state index < -0.39 is 0 Å². The first-order valence-electron chi connectivity index (χ1n) is 6.19. The Morgan fingerprint density at radius 2 is 2.39 bits per heavy atom. The Balaban J connectivity index is 1.79. The van der Waals surface area contributed by atoms with Gasteiger partial charge in [0.25, 0.3) is 0 Å². The first-order valence-corrected chi connectivity index (χ1v) is 7.17. The van der Waals surface area contributed by atoms with Gasteiger partial charge in [-0.25, -0.2) is 4.79 Å². The minimum Gasteiger partial charge on any atom is -0.336 e. The second-order valence-corrected chi connectivity index (χ2v) is 5.41. The van der Waals surface area contributed by atoms with E-state index in [1.54, 1.807) is 11.8 Å². The average Bonchev–Trinajstić information content (AvgIpc) is 2.76. The zero-order chi connectivity index (χ0) is 12.8. The lowest BCUT2D eigenvalue weighted by Crippen LogP contribution is -2.30. The van der Waals surface area contributed by atoms with Crippen LogP contribution < -0.4 is 10.6 Å². The Morgan fingerprint density at radius 3 is 3.11 bits per heavy atom. The molecule has 1 aliphatic heterocycles. The van der Waals surface area contributed by atoms with E-state index in [0.29, 0.717) is 0 Å². The van der Waals surface area contributed by atoms with Crippen molar-refractivity contribution in [3.63, 3.8) is 0 Å². The number of urea groups is 1. The van der Waals surface area contributed by atoms with Gasteiger partial charge in [-0.1, -0.05) is 12.1 Å². The van der Waals surface area contributed by atoms with Gasteiger partial charge in [0.15, 0.2) is 0 Å². The van der Waals surface area contributed by atoms with Crippen molar-refractivity contribution in [2.24, 2.45) is 0 Å². The van der Waals surface area contributed by atoms with Gasteiger partial charge in [0.1, 0.15) is 0 Å². The second kappa shape index (κ2) is 6.66. The molecule has 0 saturated carbocycles. The molecule has 2 rings (SSSR count). The van der Waals surface area contributed by atoms with E-state index >= 15 is 0 Å². The first kappa shape index (κ1) is 13.2. The van der Waals surface area contributed by atoms with Gasteiger partial charge in [-0.15, -0.1) is 11.8 Å². The van der Waals surface area contributed by atoms with Crippen LogP contribution >= 0.6 is 11.8 Å². The van der Waals surface area contributed by atoms with Gasteiger partial charge in [0.05, 0.1) is 0 Å². The van der Waals surface area contributed by atoms with E-state index in [-0.39, 0.29) is 6.03 Å². The molecular weight excluding hydrogens is 246 g/mol. The van der Waals surface area contributed by atoms with E-state index in [9.17, 15) is 4.79 Å². The Bertz CT molecular complexity index is 411. The van der Waals surface area contributed by atoms with Crippen LogP contribution in [0.3, 0.4) is 0 Å². The van der Waals surface area contributed by atoms with Gasteiger partial charge in [-0.05, 0) is 24.7 Å². The summed E-state index contributed by atoms with van der Waals surface area (Å²) in [5.74, 6) is 0.941. The molecule has 0 bridgehead atoms. The Labute approximate surface area is 112 Å². The number of amides is 2. The van der Waals surface area contributed by atoms with Crippen molar-refractivity contribution < 1.29 is 4.79 Å². The van der Waals surface area contributed by atoms with Crippen LogP contribution in [-0.2, 0) is 6.54 Å². The van der Waals surface area contributed by atoms with Crippen molar-refractivity contribution in [1.29, 1.82) is 0 Å². The monoisotopic (exact) mass is 265 g/mol. The summed E-state index contributed by atoms with van der Waals surface area (Å²) in [5.41, 5.74) is 1.29. The predicted molar refractivity (Wildman–Crippen MR) is 74.9 cm³/mol. The number of benzene rings is 1. The van der Waals surface area contributed by atoms with Crippen LogP contribution in [0.5, 0.6) is 0 Å². The van der Waals surface area contributed by atoms with Gasteiger partial charge >= 0.3 is 6.03 Å². The molecule has 2 N–H and O–H groups in total. The predicted octanol–water partition coefficient (Wildman–Crippen LogP) is 1.52. The molecule has 0 aliphatic carbocycles. The number of hydrogen-bond donors (Lipinski definition) is 2. The number of rotatable bonds is 6. The van der Waals surface area contributed by atoms with Crippen molar-refractivity contribution in [1.82, 2.24) is 15.5 Å². The maximum atomic E-state index is 11.4. The molecule has 5 heteroatoms. The molecule has 1 aromatic carbocycles. The number of nitrogens with one attached hydrogen (secondary N) is 2. The largest absolute Gasteiger partial charge is 0.336 e. The SMILES string of the molecule is CNCc1cccc(SCCN2CCNC2=O)c1. The normalized spacial score (nSPS) is 14.9. The summed E-state index contributed by atoms with van der Waals surface area (Å²) in [6.07, 6.45) is 0. The summed E-state index contributed by atoms with van der Waals surface area (Å²) in [5, 5.41) is 5.96. The van der Waals surface area contributed by atoms with Crippen LogP contribution in [0.4, 0.5) is 4.79 Å². The van der Waals surface area contributed by atoms with Crippen LogP contribution in [-0.4, -0.2) is 43.4 Å². The van der Waals surface area contributed by atoms with Gasteiger partial charge in [0, 0.05) is 36.8 Å². The van der Waals surface area contributed by atoms with Gasteiger partial charge in [-0.3, -0.25) is 0 Å². The Hall–Kier alpha value is -1.20. The van der Waals surface area contributed by atoms with Crippen molar-refractivity contribution in [3.8, 4) is 0 Å². The molecule has 1 aliphatic rings. The molecule has 98 valence electrons. The van der Waals surface area contributed by atoms with E-state index in [1.165, 1.54) is 10.5 Å². The van der Waals surface area contributed by atoms with E-state index in [0.717, 1.165) is 31.9 Å². The summed E-state index contributed by atoms with van der Waals surface area (Å²) in [7, 11) is 1.95. The molecule has 0 atom stereocenters. The third-order valence-corrected chi connectivity index (χ3v) is 3.83. The van der Waals surface area contributed by atoms with Crippen LogP contribution in [0, 0.1) is 0 Å². The zero-order valence-corrected chi connectivity index (χ0v) is 11.4. The quantitative estimate of drug-likeness (QED) is 0.767. The molecule has 2 amide bonds. The van der Waals surface area contributed by atoms with Crippen LogP contribution in [0.15, 0.2) is 29.2 Å². The smallest absolute Gasteiger partial charge is 0.317 e. The fraction of sp³-hybridized carbons (Fsp3) is 0.462. The summed E-state index contributed by atoms with van der Waals surface area (Å²) >= 11 is 1.80. The molecule has 4 nitrogen and oxygen atoms in total. The van der Waals surface area contributed by atoms with Crippen molar-refractivity contribution in [3.05, 3.63) is 29.8 Å². The maximum absolute atomic E-state index is 11.4. The lowest BCUT2D eigenvalue weighted by Gasteiger charge is -2.13. The molecule has 0 unspecified atom stereocenters. The Kier molecular flexibility index (Phi) is 4.90. The molecule has 1 saturated heterocycles. The lowest BCUT2D eigenvalue weighted by atomic mass is 10.2. The highest BCUT2D eigenvalue weighted by Gasteiger charge is 2.18. The fourth-order valence-electron chi connectivity index (χ4n) is 1.95. The highest BCUT2D eigenvalue weighted by Crippen LogP contribution is 2.19. The second-order valence-electron chi connectivity index (χ2n) is 4.25. The lowest BCUT2D eigenvalue weighted by molar-refractivity contribution is 0.220. The van der Waals surface area contributed by atoms with Crippen LogP contribution in [0.25, 0.3) is 0 Å². The number of carbonyl (C=O) groups excluding carboxylic acids is 1. The van der Waals surface area contributed by atoms with Crippen molar-refractivity contribution in [2.45, 2.75) is 11.4 Å². The molecule has 18 heavy (non-hydrogen) atoms. The summed E-state index contributed by atoms with van der Waals surface area (Å²) in [6.45, 7) is 3.32. The van der Waals surface area contributed by atoms with Crippen molar-refractivity contribution >= 4 is 17.8 Å². The molecule has 0 aromatic heterocycles. The maximum Gasteiger partial charge on any atom is 0.317 e. The highest BCUT2D eigenvalue weighted by atomic mass is 32.2. The highest BCUT2D eigenvalue weighted by molar-refractivity contribution is 7.99. The summed E-state index contributed by atoms with van der Waals surface area (Å²) in [4.78, 5) is 14.5.